The number of rotatable bonds is 7. The van der Waals surface area contributed by atoms with Crippen molar-refractivity contribution < 1.29 is 24.5 Å². The van der Waals surface area contributed by atoms with E-state index in [1.165, 1.54) is 12.0 Å². The Bertz CT molecular complexity index is 1280. The van der Waals surface area contributed by atoms with Crippen LogP contribution in [0.1, 0.15) is 23.6 Å². The molecule has 4 rings (SSSR count). The van der Waals surface area contributed by atoms with Crippen LogP contribution in [-0.4, -0.2) is 66.0 Å². The summed E-state index contributed by atoms with van der Waals surface area (Å²) in [6.45, 7) is 1.05. The van der Waals surface area contributed by atoms with Gasteiger partial charge in [0.05, 0.1) is 24.3 Å². The number of aromatic hydroxyl groups is 1. The third-order valence-electron chi connectivity index (χ3n) is 6.13. The minimum Gasteiger partial charge on any atom is -0.507 e. The molecule has 1 atom stereocenters. The molecular weight excluding hydrogens is 432 g/mol. The molecule has 7 nitrogen and oxygen atoms in total. The first-order chi connectivity index (χ1) is 16.3. The third kappa shape index (κ3) is 4.10. The zero-order chi connectivity index (χ0) is 24.4. The van der Waals surface area contributed by atoms with Crippen LogP contribution in [0.4, 0.5) is 0 Å². The maximum Gasteiger partial charge on any atom is 0.295 e. The number of phenols is 1. The molecule has 34 heavy (non-hydrogen) atoms. The summed E-state index contributed by atoms with van der Waals surface area (Å²) < 4.78 is 5.52. The zero-order valence-electron chi connectivity index (χ0n) is 19.5. The smallest absolute Gasteiger partial charge is 0.295 e. The number of methoxy groups -OCH3 is 1. The molecule has 1 fully saturated rings. The van der Waals surface area contributed by atoms with E-state index < -0.39 is 23.5 Å². The lowest BCUT2D eigenvalue weighted by molar-refractivity contribution is -0.140. The van der Waals surface area contributed by atoms with Crippen LogP contribution in [0.5, 0.6) is 11.5 Å². The highest BCUT2D eigenvalue weighted by atomic mass is 16.5. The number of Topliss-reactive ketones (excluding diaryl/α,β-unsaturated/α-hetero) is 1. The van der Waals surface area contributed by atoms with Gasteiger partial charge in [-0.1, -0.05) is 48.5 Å². The summed E-state index contributed by atoms with van der Waals surface area (Å²) in [6.07, 6.45) is 0.646. The van der Waals surface area contributed by atoms with Gasteiger partial charge in [-0.25, -0.2) is 0 Å². The lowest BCUT2D eigenvalue weighted by atomic mass is 9.93. The highest BCUT2D eigenvalue weighted by molar-refractivity contribution is 6.46. The van der Waals surface area contributed by atoms with Gasteiger partial charge in [0.2, 0.25) is 0 Å². The Morgan fingerprint density at radius 3 is 2.47 bits per heavy atom. The van der Waals surface area contributed by atoms with Crippen LogP contribution >= 0.6 is 0 Å². The van der Waals surface area contributed by atoms with E-state index in [2.05, 4.69) is 0 Å². The number of hydrogen-bond donors (Lipinski definition) is 2. The van der Waals surface area contributed by atoms with Crippen molar-refractivity contribution in [2.24, 2.45) is 0 Å². The average Bonchev–Trinajstić information content (AvgIpc) is 3.08. The predicted molar refractivity (Wildman–Crippen MR) is 131 cm³/mol. The van der Waals surface area contributed by atoms with E-state index in [0.29, 0.717) is 29.7 Å². The van der Waals surface area contributed by atoms with Crippen molar-refractivity contribution >= 4 is 28.2 Å². The zero-order valence-corrected chi connectivity index (χ0v) is 19.5. The van der Waals surface area contributed by atoms with Gasteiger partial charge < -0.3 is 24.7 Å². The van der Waals surface area contributed by atoms with Gasteiger partial charge in [0.15, 0.2) is 0 Å². The van der Waals surface area contributed by atoms with Crippen molar-refractivity contribution in [1.82, 2.24) is 9.80 Å². The van der Waals surface area contributed by atoms with E-state index in [-0.39, 0.29) is 16.9 Å². The van der Waals surface area contributed by atoms with Crippen LogP contribution in [-0.2, 0) is 9.59 Å². The standard InChI is InChI=1S/C27H28N2O5/c1-28(2)15-8-16-29-23(19-11-6-7-12-21(19)34-3)22(26(32)27(29)33)25(31)20-14-13-17-9-4-5-10-18(17)24(20)30/h4-7,9-14,23,30-31H,8,15-16H2,1-3H3. The van der Waals surface area contributed by atoms with Crippen molar-refractivity contribution in [2.45, 2.75) is 12.5 Å². The number of carbonyl (C=O) groups excluding carboxylic acids is 2. The number of ether oxygens (including phenoxy) is 1. The van der Waals surface area contributed by atoms with Crippen LogP contribution in [0.15, 0.2) is 66.2 Å². The second-order valence-corrected chi connectivity index (χ2v) is 8.57. The quantitative estimate of drug-likeness (QED) is 0.316. The van der Waals surface area contributed by atoms with Crippen LogP contribution in [0.3, 0.4) is 0 Å². The van der Waals surface area contributed by atoms with Gasteiger partial charge in [-0.3, -0.25) is 9.59 Å². The van der Waals surface area contributed by atoms with Crippen LogP contribution in [0.25, 0.3) is 16.5 Å². The molecule has 2 N–H and O–H groups in total. The Morgan fingerprint density at radius 2 is 1.74 bits per heavy atom. The predicted octanol–water partition coefficient (Wildman–Crippen LogP) is 3.93. The molecule has 176 valence electrons. The molecule has 1 saturated heterocycles. The fourth-order valence-electron chi connectivity index (χ4n) is 4.47. The summed E-state index contributed by atoms with van der Waals surface area (Å²) in [5.41, 5.74) is 0.630. The summed E-state index contributed by atoms with van der Waals surface area (Å²) >= 11 is 0. The first kappa shape index (κ1) is 23.3. The van der Waals surface area contributed by atoms with Gasteiger partial charge in [0, 0.05) is 17.5 Å². The van der Waals surface area contributed by atoms with E-state index in [1.807, 2.05) is 31.1 Å². The van der Waals surface area contributed by atoms with Crippen molar-refractivity contribution in [3.63, 3.8) is 0 Å². The van der Waals surface area contributed by atoms with E-state index in [4.69, 9.17) is 4.74 Å². The molecule has 1 heterocycles. The van der Waals surface area contributed by atoms with Gasteiger partial charge in [0.25, 0.3) is 11.7 Å². The van der Waals surface area contributed by atoms with Gasteiger partial charge >= 0.3 is 0 Å². The first-order valence-electron chi connectivity index (χ1n) is 11.1. The molecule has 0 radical (unpaired) electrons. The second kappa shape index (κ2) is 9.57. The number of benzene rings is 3. The number of phenolic OH excluding ortho intramolecular Hbond substituents is 1. The molecular formula is C27H28N2O5. The molecule has 1 aliphatic rings. The molecule has 3 aromatic carbocycles. The fourth-order valence-corrected chi connectivity index (χ4v) is 4.47. The topological polar surface area (TPSA) is 90.3 Å². The number of likely N-dealkylation sites (tertiary alicyclic amines) is 1. The Balaban J connectivity index is 1.90. The molecule has 1 aliphatic heterocycles. The maximum absolute atomic E-state index is 13.2. The summed E-state index contributed by atoms with van der Waals surface area (Å²) in [6, 6.07) is 16.8. The molecule has 0 aromatic heterocycles. The fraction of sp³-hybridized carbons (Fsp3) is 0.259. The first-order valence-corrected chi connectivity index (χ1v) is 11.1. The SMILES string of the molecule is COc1ccccc1C1C(=C(O)c2ccc3ccccc3c2O)C(=O)C(=O)N1CCCN(C)C. The summed E-state index contributed by atoms with van der Waals surface area (Å²) in [5, 5.41) is 23.6. The lowest BCUT2D eigenvalue weighted by Gasteiger charge is -2.27. The lowest BCUT2D eigenvalue weighted by Crippen LogP contribution is -2.32. The van der Waals surface area contributed by atoms with Crippen LogP contribution < -0.4 is 4.74 Å². The third-order valence-corrected chi connectivity index (χ3v) is 6.13. The van der Waals surface area contributed by atoms with Gasteiger partial charge in [-0.05, 0) is 44.6 Å². The number of hydrogen-bond acceptors (Lipinski definition) is 6. The number of para-hydroxylation sites is 1. The molecule has 0 bridgehead atoms. The molecule has 7 heteroatoms. The number of aliphatic hydroxyl groups is 1. The average molecular weight is 461 g/mol. The monoisotopic (exact) mass is 460 g/mol. The molecule has 0 aliphatic carbocycles. The molecule has 3 aromatic rings. The number of amides is 1. The number of nitrogens with zero attached hydrogens (tertiary/aromatic N) is 2. The molecule has 1 amide bonds. The van der Waals surface area contributed by atoms with E-state index in [1.54, 1.807) is 48.5 Å². The van der Waals surface area contributed by atoms with Gasteiger partial charge in [-0.2, -0.15) is 0 Å². The van der Waals surface area contributed by atoms with Crippen molar-refractivity contribution in [3.8, 4) is 11.5 Å². The molecule has 0 spiro atoms. The Morgan fingerprint density at radius 1 is 1.03 bits per heavy atom. The minimum atomic E-state index is -0.843. The summed E-state index contributed by atoms with van der Waals surface area (Å²) in [4.78, 5) is 29.8. The van der Waals surface area contributed by atoms with Crippen molar-refractivity contribution in [3.05, 3.63) is 77.4 Å². The Labute approximate surface area is 198 Å². The van der Waals surface area contributed by atoms with Crippen LogP contribution in [0, 0.1) is 0 Å². The highest BCUT2D eigenvalue weighted by Crippen LogP contribution is 2.44. The van der Waals surface area contributed by atoms with Gasteiger partial charge in [0.1, 0.15) is 17.3 Å². The second-order valence-electron chi connectivity index (χ2n) is 8.57. The highest BCUT2D eigenvalue weighted by Gasteiger charge is 2.47. The van der Waals surface area contributed by atoms with E-state index in [9.17, 15) is 19.8 Å². The van der Waals surface area contributed by atoms with Crippen molar-refractivity contribution in [2.75, 3.05) is 34.3 Å². The Hall–Kier alpha value is -3.84. The van der Waals surface area contributed by atoms with E-state index in [0.717, 1.165) is 11.9 Å². The number of carbonyl (C=O) groups is 2. The minimum absolute atomic E-state index is 0.0649. The van der Waals surface area contributed by atoms with Crippen LogP contribution in [0.2, 0.25) is 0 Å². The molecule has 1 unspecified atom stereocenters. The largest absolute Gasteiger partial charge is 0.507 e. The normalized spacial score (nSPS) is 17.6. The summed E-state index contributed by atoms with van der Waals surface area (Å²) in [7, 11) is 5.40. The van der Waals surface area contributed by atoms with Gasteiger partial charge in [-0.15, -0.1) is 0 Å². The van der Waals surface area contributed by atoms with Crippen molar-refractivity contribution in [1.29, 1.82) is 0 Å². The molecule has 0 saturated carbocycles. The number of aliphatic hydroxyl groups excluding tert-OH is 1. The summed E-state index contributed by atoms with van der Waals surface area (Å²) in [5.74, 6) is -1.52. The maximum atomic E-state index is 13.2. The number of ketones is 1. The number of fused-ring (bicyclic) bond motifs is 1. The Kier molecular flexibility index (Phi) is 6.56. The van der Waals surface area contributed by atoms with E-state index >= 15 is 0 Å².